The third-order valence-electron chi connectivity index (χ3n) is 3.16. The highest BCUT2D eigenvalue weighted by molar-refractivity contribution is 6.36. The molecule has 9 heteroatoms. The Bertz CT molecular complexity index is 772. The predicted molar refractivity (Wildman–Crippen MR) is 92.5 cm³/mol. The highest BCUT2D eigenvalue weighted by Gasteiger charge is 2.21. The van der Waals surface area contributed by atoms with Crippen LogP contribution in [-0.4, -0.2) is 23.7 Å². The molecule has 1 aromatic carbocycles. The zero-order valence-electron chi connectivity index (χ0n) is 13.8. The van der Waals surface area contributed by atoms with Crippen molar-refractivity contribution in [3.8, 4) is 17.4 Å². The summed E-state index contributed by atoms with van der Waals surface area (Å²) in [5.74, 6) is 0.0174. The Morgan fingerprint density at radius 3 is 2.38 bits per heavy atom. The maximum Gasteiger partial charge on any atom is 0.347 e. The van der Waals surface area contributed by atoms with E-state index in [9.17, 15) is 13.6 Å². The summed E-state index contributed by atoms with van der Waals surface area (Å²) in [7, 11) is 0. The Morgan fingerprint density at radius 2 is 1.81 bits per heavy atom. The second kappa shape index (κ2) is 9.00. The number of esters is 1. The molecular weight excluding hydrogens is 391 g/mol. The first-order valence-electron chi connectivity index (χ1n) is 7.56. The van der Waals surface area contributed by atoms with E-state index in [0.717, 1.165) is 6.20 Å². The van der Waals surface area contributed by atoms with Crippen LogP contribution in [0, 0.1) is 0 Å². The van der Waals surface area contributed by atoms with Crippen LogP contribution >= 0.6 is 23.2 Å². The monoisotopic (exact) mass is 405 g/mol. The predicted octanol–water partition coefficient (Wildman–Crippen LogP) is 5.45. The van der Waals surface area contributed by atoms with E-state index in [0.29, 0.717) is 5.75 Å². The van der Waals surface area contributed by atoms with Gasteiger partial charge in [-0.3, -0.25) is 0 Å². The van der Waals surface area contributed by atoms with Gasteiger partial charge in [0, 0.05) is 0 Å². The highest BCUT2D eigenvalue weighted by atomic mass is 35.5. The molecule has 0 bridgehead atoms. The molecule has 0 aliphatic carbocycles. The summed E-state index contributed by atoms with van der Waals surface area (Å²) in [4.78, 5) is 15.4. The minimum Gasteiger partial charge on any atom is -0.479 e. The fraction of sp³-hybridized carbons (Fsp3) is 0.294. The number of carbonyl (C=O) groups excluding carboxylic acids is 1. The number of ether oxygens (including phenoxy) is 3. The normalized spacial score (nSPS) is 12.0. The standard InChI is InChI=1S/C17H15Cl2F2NO4/c1-3-24-17(23)9(2)25-10-4-6-11(7-5-10)26-16-14(19)13(15(20)21)12(18)8-22-16/h4-9,15H,3H2,1-2H3. The summed E-state index contributed by atoms with van der Waals surface area (Å²) in [5.41, 5.74) is -0.540. The van der Waals surface area contributed by atoms with Crippen LogP contribution in [0.15, 0.2) is 30.5 Å². The summed E-state index contributed by atoms with van der Waals surface area (Å²) in [6.45, 7) is 3.52. The van der Waals surface area contributed by atoms with Crippen LogP contribution in [0.25, 0.3) is 0 Å². The van der Waals surface area contributed by atoms with E-state index in [4.69, 9.17) is 37.4 Å². The van der Waals surface area contributed by atoms with E-state index in [2.05, 4.69) is 4.98 Å². The van der Waals surface area contributed by atoms with Crippen LogP contribution in [0.5, 0.6) is 17.4 Å². The number of carbonyl (C=O) groups is 1. The van der Waals surface area contributed by atoms with Gasteiger partial charge >= 0.3 is 5.97 Å². The molecule has 1 unspecified atom stereocenters. The largest absolute Gasteiger partial charge is 0.479 e. The van der Waals surface area contributed by atoms with Gasteiger partial charge in [-0.05, 0) is 38.1 Å². The van der Waals surface area contributed by atoms with E-state index < -0.39 is 24.1 Å². The molecule has 26 heavy (non-hydrogen) atoms. The molecular formula is C17H15Cl2F2NO4. The Labute approximate surface area is 158 Å². The van der Waals surface area contributed by atoms with Gasteiger partial charge in [-0.1, -0.05) is 23.2 Å². The number of halogens is 4. The maximum absolute atomic E-state index is 13.0. The van der Waals surface area contributed by atoms with Gasteiger partial charge in [-0.25, -0.2) is 18.6 Å². The Kier molecular flexibility index (Phi) is 6.99. The van der Waals surface area contributed by atoms with Gasteiger partial charge in [0.25, 0.3) is 6.43 Å². The summed E-state index contributed by atoms with van der Waals surface area (Å²) < 4.78 is 41.7. The number of alkyl halides is 2. The van der Waals surface area contributed by atoms with E-state index in [1.807, 2.05) is 0 Å². The van der Waals surface area contributed by atoms with Crippen molar-refractivity contribution in [2.75, 3.05) is 6.61 Å². The quantitative estimate of drug-likeness (QED) is 0.573. The summed E-state index contributed by atoms with van der Waals surface area (Å²) in [6, 6.07) is 6.12. The fourth-order valence-electron chi connectivity index (χ4n) is 1.94. The molecule has 0 N–H and O–H groups in total. The van der Waals surface area contributed by atoms with E-state index in [1.54, 1.807) is 26.0 Å². The Morgan fingerprint density at radius 1 is 1.19 bits per heavy atom. The van der Waals surface area contributed by atoms with E-state index in [1.165, 1.54) is 12.1 Å². The molecule has 1 aromatic heterocycles. The number of benzene rings is 1. The Balaban J connectivity index is 2.10. The van der Waals surface area contributed by atoms with Gasteiger partial charge in [-0.2, -0.15) is 0 Å². The SMILES string of the molecule is CCOC(=O)C(C)Oc1ccc(Oc2ncc(Cl)c(C(F)F)c2Cl)cc1. The fourth-order valence-corrected chi connectivity index (χ4v) is 2.49. The van der Waals surface area contributed by atoms with E-state index in [-0.39, 0.29) is 28.3 Å². The molecule has 2 aromatic rings. The van der Waals surface area contributed by atoms with Crippen molar-refractivity contribution < 1.29 is 27.8 Å². The van der Waals surface area contributed by atoms with Crippen LogP contribution in [0.2, 0.25) is 10.0 Å². The van der Waals surface area contributed by atoms with Crippen LogP contribution in [-0.2, 0) is 9.53 Å². The van der Waals surface area contributed by atoms with Crippen molar-refractivity contribution in [1.29, 1.82) is 0 Å². The lowest BCUT2D eigenvalue weighted by molar-refractivity contribution is -0.150. The van der Waals surface area contributed by atoms with Gasteiger partial charge in [-0.15, -0.1) is 0 Å². The average Bonchev–Trinajstić information content (AvgIpc) is 2.59. The van der Waals surface area contributed by atoms with E-state index >= 15 is 0 Å². The highest BCUT2D eigenvalue weighted by Crippen LogP contribution is 2.39. The molecule has 0 aliphatic heterocycles. The van der Waals surface area contributed by atoms with Crippen molar-refractivity contribution >= 4 is 29.2 Å². The van der Waals surface area contributed by atoms with Crippen molar-refractivity contribution in [2.24, 2.45) is 0 Å². The number of rotatable bonds is 7. The van der Waals surface area contributed by atoms with Gasteiger partial charge in [0.1, 0.15) is 16.5 Å². The molecule has 0 aliphatic rings. The Hall–Kier alpha value is -2.12. The first kappa shape index (κ1) is 20.2. The number of aromatic nitrogens is 1. The first-order chi connectivity index (χ1) is 12.3. The van der Waals surface area contributed by atoms with Crippen LogP contribution in [0.4, 0.5) is 8.78 Å². The molecule has 1 heterocycles. The number of hydrogen-bond acceptors (Lipinski definition) is 5. The topological polar surface area (TPSA) is 57.7 Å². The molecule has 0 saturated heterocycles. The van der Waals surface area contributed by atoms with Crippen LogP contribution in [0.1, 0.15) is 25.8 Å². The maximum atomic E-state index is 13.0. The lowest BCUT2D eigenvalue weighted by atomic mass is 10.2. The van der Waals surface area contributed by atoms with Gasteiger partial charge in [0.2, 0.25) is 5.88 Å². The summed E-state index contributed by atoms with van der Waals surface area (Å²) in [5, 5.41) is -0.599. The third kappa shape index (κ3) is 4.95. The second-order valence-electron chi connectivity index (χ2n) is 5.03. The minimum atomic E-state index is -2.86. The van der Waals surface area contributed by atoms with Gasteiger partial charge < -0.3 is 14.2 Å². The zero-order valence-corrected chi connectivity index (χ0v) is 15.4. The molecule has 140 valence electrons. The molecule has 0 fully saturated rings. The average molecular weight is 406 g/mol. The number of pyridine rings is 1. The number of hydrogen-bond donors (Lipinski definition) is 0. The minimum absolute atomic E-state index is 0.195. The lowest BCUT2D eigenvalue weighted by Crippen LogP contribution is -2.25. The molecule has 0 radical (unpaired) electrons. The van der Waals surface area contributed by atoms with Gasteiger partial charge in [0.05, 0.1) is 23.4 Å². The summed E-state index contributed by atoms with van der Waals surface area (Å²) >= 11 is 11.6. The second-order valence-corrected chi connectivity index (χ2v) is 5.81. The van der Waals surface area contributed by atoms with Crippen molar-refractivity contribution in [3.05, 3.63) is 46.1 Å². The first-order valence-corrected chi connectivity index (χ1v) is 8.32. The lowest BCUT2D eigenvalue weighted by Gasteiger charge is -2.14. The summed E-state index contributed by atoms with van der Waals surface area (Å²) in [6.07, 6.45) is -2.59. The smallest absolute Gasteiger partial charge is 0.347 e. The van der Waals surface area contributed by atoms with Gasteiger partial charge in [0.15, 0.2) is 6.10 Å². The molecule has 0 amide bonds. The van der Waals surface area contributed by atoms with Crippen LogP contribution in [0.3, 0.4) is 0 Å². The molecule has 2 rings (SSSR count). The van der Waals surface area contributed by atoms with Crippen molar-refractivity contribution in [1.82, 2.24) is 4.98 Å². The van der Waals surface area contributed by atoms with Crippen LogP contribution < -0.4 is 9.47 Å². The van der Waals surface area contributed by atoms with Crippen molar-refractivity contribution in [3.63, 3.8) is 0 Å². The molecule has 1 atom stereocenters. The molecule has 0 spiro atoms. The zero-order chi connectivity index (χ0) is 19.3. The molecule has 5 nitrogen and oxygen atoms in total. The number of nitrogens with zero attached hydrogens (tertiary/aromatic N) is 1. The van der Waals surface area contributed by atoms with Crippen molar-refractivity contribution in [2.45, 2.75) is 26.4 Å². The third-order valence-corrected chi connectivity index (χ3v) is 3.83. The molecule has 0 saturated carbocycles.